The highest BCUT2D eigenvalue weighted by molar-refractivity contribution is 7.93. The largest absolute Gasteiger partial charge is 0.326 e. The van der Waals surface area contributed by atoms with Gasteiger partial charge in [-0.15, -0.1) is 11.3 Å². The molecule has 9 heteroatoms. The number of carbonyl (C=O) groups excluding carboxylic acids is 1. The summed E-state index contributed by atoms with van der Waals surface area (Å²) in [4.78, 5) is 16.6. The molecule has 2 N–H and O–H groups in total. The average Bonchev–Trinajstić information content (AvgIpc) is 3.10. The third-order valence-corrected chi connectivity index (χ3v) is 6.43. The Morgan fingerprint density at radius 2 is 1.93 bits per heavy atom. The van der Waals surface area contributed by atoms with E-state index in [0.29, 0.717) is 22.8 Å². The van der Waals surface area contributed by atoms with Gasteiger partial charge in [0.1, 0.15) is 0 Å². The Morgan fingerprint density at radius 1 is 1.18 bits per heavy atom. The molecule has 3 aromatic rings. The van der Waals surface area contributed by atoms with Crippen LogP contribution < -0.4 is 10.0 Å². The summed E-state index contributed by atoms with van der Waals surface area (Å²) >= 11 is 7.14. The van der Waals surface area contributed by atoms with Crippen LogP contribution in [0.25, 0.3) is 0 Å². The number of thiazole rings is 1. The van der Waals surface area contributed by atoms with Gasteiger partial charge in [0.05, 0.1) is 10.6 Å². The van der Waals surface area contributed by atoms with Gasteiger partial charge in [0.15, 0.2) is 5.13 Å². The topological polar surface area (TPSA) is 88.2 Å². The minimum Gasteiger partial charge on any atom is -0.326 e. The number of rotatable bonds is 7. The second-order valence-electron chi connectivity index (χ2n) is 6.07. The second-order valence-corrected chi connectivity index (χ2v) is 9.05. The standard InChI is InChI=1S/C19H18ClN3O3S2/c1-13-7-8-14(20)11-17(13)22-18(24)10-9-15-12-27-19(21-15)23-28(25,26)16-5-3-2-4-6-16/h2-8,11-12H,9-10H2,1H3,(H,21,23)(H,22,24). The number of hydrogen-bond donors (Lipinski definition) is 2. The molecule has 28 heavy (non-hydrogen) atoms. The van der Waals surface area contributed by atoms with Crippen molar-refractivity contribution in [3.05, 3.63) is 70.2 Å². The van der Waals surface area contributed by atoms with Crippen molar-refractivity contribution in [1.82, 2.24) is 4.98 Å². The van der Waals surface area contributed by atoms with Crippen molar-refractivity contribution in [2.75, 3.05) is 10.0 Å². The number of aromatic nitrogens is 1. The lowest BCUT2D eigenvalue weighted by molar-refractivity contribution is -0.116. The second kappa shape index (κ2) is 8.72. The van der Waals surface area contributed by atoms with Gasteiger partial charge in [-0.3, -0.25) is 9.52 Å². The normalized spacial score (nSPS) is 11.2. The average molecular weight is 436 g/mol. The molecule has 0 fully saturated rings. The summed E-state index contributed by atoms with van der Waals surface area (Å²) in [6, 6.07) is 13.4. The number of anilines is 2. The smallest absolute Gasteiger partial charge is 0.263 e. The number of hydrogen-bond acceptors (Lipinski definition) is 5. The van der Waals surface area contributed by atoms with Crippen LogP contribution >= 0.6 is 22.9 Å². The zero-order valence-corrected chi connectivity index (χ0v) is 17.4. The maximum atomic E-state index is 12.3. The van der Waals surface area contributed by atoms with Crippen molar-refractivity contribution in [2.24, 2.45) is 0 Å². The highest BCUT2D eigenvalue weighted by Crippen LogP contribution is 2.22. The van der Waals surface area contributed by atoms with E-state index in [9.17, 15) is 13.2 Å². The van der Waals surface area contributed by atoms with Gasteiger partial charge in [-0.1, -0.05) is 35.9 Å². The lowest BCUT2D eigenvalue weighted by Crippen LogP contribution is -2.14. The van der Waals surface area contributed by atoms with Crippen LogP contribution in [-0.4, -0.2) is 19.3 Å². The zero-order chi connectivity index (χ0) is 20.1. The maximum absolute atomic E-state index is 12.3. The fourth-order valence-electron chi connectivity index (χ4n) is 2.43. The molecule has 0 saturated carbocycles. The summed E-state index contributed by atoms with van der Waals surface area (Å²) < 4.78 is 27.1. The number of sulfonamides is 1. The van der Waals surface area contributed by atoms with Crippen LogP contribution in [0.5, 0.6) is 0 Å². The molecule has 3 rings (SSSR count). The summed E-state index contributed by atoms with van der Waals surface area (Å²) in [5.74, 6) is -0.162. The van der Waals surface area contributed by atoms with Gasteiger partial charge in [-0.05, 0) is 43.2 Å². The van der Waals surface area contributed by atoms with E-state index in [1.165, 1.54) is 23.5 Å². The molecule has 1 heterocycles. The molecule has 0 unspecified atom stereocenters. The molecular weight excluding hydrogens is 418 g/mol. The van der Waals surface area contributed by atoms with Crippen LogP contribution in [0.3, 0.4) is 0 Å². The predicted molar refractivity (Wildman–Crippen MR) is 113 cm³/mol. The quantitative estimate of drug-likeness (QED) is 0.572. The van der Waals surface area contributed by atoms with Gasteiger partial charge in [0.2, 0.25) is 5.91 Å². The lowest BCUT2D eigenvalue weighted by Gasteiger charge is -2.08. The SMILES string of the molecule is Cc1ccc(Cl)cc1NC(=O)CCc1csc(NS(=O)(=O)c2ccccc2)n1. The van der Waals surface area contributed by atoms with Crippen molar-refractivity contribution in [1.29, 1.82) is 0 Å². The monoisotopic (exact) mass is 435 g/mol. The van der Waals surface area contributed by atoms with E-state index in [0.717, 1.165) is 5.56 Å². The van der Waals surface area contributed by atoms with Crippen molar-refractivity contribution >= 4 is 49.7 Å². The molecule has 1 aromatic heterocycles. The molecule has 6 nitrogen and oxygen atoms in total. The van der Waals surface area contributed by atoms with Crippen molar-refractivity contribution in [3.8, 4) is 0 Å². The Bertz CT molecular complexity index is 1080. The van der Waals surface area contributed by atoms with Gasteiger partial charge in [-0.2, -0.15) is 0 Å². The van der Waals surface area contributed by atoms with E-state index in [2.05, 4.69) is 15.0 Å². The number of aryl methyl sites for hydroxylation is 2. The van der Waals surface area contributed by atoms with E-state index in [1.807, 2.05) is 13.0 Å². The number of nitrogens with zero attached hydrogens (tertiary/aromatic N) is 1. The Kier molecular flexibility index (Phi) is 6.33. The first-order valence-electron chi connectivity index (χ1n) is 8.42. The number of halogens is 1. The number of carbonyl (C=O) groups is 1. The predicted octanol–water partition coefficient (Wildman–Crippen LogP) is 4.48. The molecule has 1 amide bonds. The molecular formula is C19H18ClN3O3S2. The molecule has 0 radical (unpaired) electrons. The molecule has 0 saturated heterocycles. The first-order chi connectivity index (χ1) is 13.3. The Labute approximate surface area is 172 Å². The van der Waals surface area contributed by atoms with Crippen molar-refractivity contribution < 1.29 is 13.2 Å². The van der Waals surface area contributed by atoms with E-state index in [-0.39, 0.29) is 22.4 Å². The van der Waals surface area contributed by atoms with Crippen LogP contribution in [-0.2, 0) is 21.2 Å². The lowest BCUT2D eigenvalue weighted by atomic mass is 10.2. The minimum absolute atomic E-state index is 0.162. The van der Waals surface area contributed by atoms with Crippen LogP contribution in [0.4, 0.5) is 10.8 Å². The molecule has 0 atom stereocenters. The Hall–Kier alpha value is -2.42. The molecule has 146 valence electrons. The Balaban J connectivity index is 1.57. The maximum Gasteiger partial charge on any atom is 0.263 e. The van der Waals surface area contributed by atoms with Crippen molar-refractivity contribution in [2.45, 2.75) is 24.7 Å². The van der Waals surface area contributed by atoms with Crippen LogP contribution in [0, 0.1) is 6.92 Å². The molecule has 0 bridgehead atoms. The van der Waals surface area contributed by atoms with Gasteiger partial charge in [-0.25, -0.2) is 13.4 Å². The third-order valence-electron chi connectivity index (χ3n) is 3.91. The van der Waals surface area contributed by atoms with Gasteiger partial charge >= 0.3 is 0 Å². The zero-order valence-electron chi connectivity index (χ0n) is 15.0. The summed E-state index contributed by atoms with van der Waals surface area (Å²) in [7, 11) is -3.67. The van der Waals surface area contributed by atoms with Gasteiger partial charge < -0.3 is 5.32 Å². The highest BCUT2D eigenvalue weighted by Gasteiger charge is 2.16. The minimum atomic E-state index is -3.67. The Morgan fingerprint density at radius 3 is 2.68 bits per heavy atom. The van der Waals surface area contributed by atoms with Crippen LogP contribution in [0.2, 0.25) is 5.02 Å². The van der Waals surface area contributed by atoms with Gasteiger partial charge in [0, 0.05) is 22.5 Å². The summed E-state index contributed by atoms with van der Waals surface area (Å²) in [6.45, 7) is 1.89. The summed E-state index contributed by atoms with van der Waals surface area (Å²) in [5.41, 5.74) is 2.24. The van der Waals surface area contributed by atoms with Gasteiger partial charge in [0.25, 0.3) is 10.0 Å². The van der Waals surface area contributed by atoms with Crippen LogP contribution in [0.1, 0.15) is 17.7 Å². The number of benzene rings is 2. The molecule has 0 aliphatic heterocycles. The summed E-state index contributed by atoms with van der Waals surface area (Å²) in [5, 5.41) is 5.39. The summed E-state index contributed by atoms with van der Waals surface area (Å²) in [6.07, 6.45) is 0.621. The molecule has 0 spiro atoms. The van der Waals surface area contributed by atoms with E-state index >= 15 is 0 Å². The van der Waals surface area contributed by atoms with E-state index < -0.39 is 10.0 Å². The first-order valence-corrected chi connectivity index (χ1v) is 11.2. The third kappa shape index (κ3) is 5.31. The fourth-order valence-corrected chi connectivity index (χ4v) is 4.62. The number of amides is 1. The number of nitrogens with one attached hydrogen (secondary N) is 2. The van der Waals surface area contributed by atoms with Crippen molar-refractivity contribution in [3.63, 3.8) is 0 Å². The molecule has 2 aromatic carbocycles. The van der Waals surface area contributed by atoms with E-state index in [4.69, 9.17) is 11.6 Å². The van der Waals surface area contributed by atoms with Crippen LogP contribution in [0.15, 0.2) is 58.8 Å². The molecule has 0 aliphatic rings. The highest BCUT2D eigenvalue weighted by atomic mass is 35.5. The molecule has 0 aliphatic carbocycles. The fraction of sp³-hybridized carbons (Fsp3) is 0.158. The van der Waals surface area contributed by atoms with E-state index in [1.54, 1.807) is 35.7 Å². The first kappa shape index (κ1) is 20.3.